The highest BCUT2D eigenvalue weighted by molar-refractivity contribution is 5.78. The lowest BCUT2D eigenvalue weighted by Crippen LogP contribution is -2.33. The number of oxazole rings is 1. The van der Waals surface area contributed by atoms with Crippen LogP contribution in [0, 0.1) is 0 Å². The molecule has 2 aromatic rings. The highest BCUT2D eigenvalue weighted by Crippen LogP contribution is 2.20. The summed E-state index contributed by atoms with van der Waals surface area (Å²) in [6.07, 6.45) is 4.01. The Balaban J connectivity index is 1.56. The van der Waals surface area contributed by atoms with Crippen LogP contribution >= 0.6 is 0 Å². The summed E-state index contributed by atoms with van der Waals surface area (Å²) in [4.78, 5) is 6.87. The molecule has 0 unspecified atom stereocenters. The molecule has 1 aliphatic rings. The summed E-state index contributed by atoms with van der Waals surface area (Å²) >= 11 is 0. The van der Waals surface area contributed by atoms with Gasteiger partial charge in [0.2, 0.25) is 0 Å². The Morgan fingerprint density at radius 1 is 1.26 bits per heavy atom. The van der Waals surface area contributed by atoms with Crippen molar-refractivity contribution in [3.05, 3.63) is 18.2 Å². The van der Waals surface area contributed by atoms with Gasteiger partial charge >= 0.3 is 0 Å². The Morgan fingerprint density at radius 3 is 2.95 bits per heavy atom. The van der Waals surface area contributed by atoms with Gasteiger partial charge in [-0.1, -0.05) is 6.42 Å². The van der Waals surface area contributed by atoms with E-state index >= 15 is 0 Å². The molecule has 1 aliphatic heterocycles. The van der Waals surface area contributed by atoms with Crippen LogP contribution in [-0.4, -0.2) is 36.1 Å². The van der Waals surface area contributed by atoms with E-state index in [2.05, 4.69) is 15.2 Å². The predicted molar refractivity (Wildman–Crippen MR) is 77.2 cm³/mol. The van der Waals surface area contributed by atoms with Crippen molar-refractivity contribution in [1.29, 1.82) is 0 Å². The van der Waals surface area contributed by atoms with Gasteiger partial charge in [0.1, 0.15) is 5.52 Å². The third kappa shape index (κ3) is 2.98. The van der Waals surface area contributed by atoms with Crippen molar-refractivity contribution in [2.24, 2.45) is 0 Å². The molecule has 1 aromatic carbocycles. The molecule has 1 aromatic heterocycles. The minimum absolute atomic E-state index is 0.581. The number of rotatable bonds is 4. The molecule has 5 heteroatoms. The fraction of sp³-hybridized carbons (Fsp3) is 0.500. The second kappa shape index (κ2) is 5.48. The van der Waals surface area contributed by atoms with Crippen LogP contribution in [0.3, 0.4) is 0 Å². The Bertz CT molecular complexity index is 545. The number of hydrogen-bond donors (Lipinski definition) is 2. The molecule has 0 radical (unpaired) electrons. The van der Waals surface area contributed by atoms with Crippen molar-refractivity contribution in [2.75, 3.05) is 37.2 Å². The van der Waals surface area contributed by atoms with Gasteiger partial charge in [-0.15, -0.1) is 0 Å². The number of nitrogens with one attached hydrogen (secondary N) is 1. The Kier molecular flexibility index (Phi) is 3.55. The molecular weight excluding hydrogens is 240 g/mol. The molecule has 19 heavy (non-hydrogen) atoms. The minimum atomic E-state index is 0.581. The number of nitrogen functional groups attached to an aromatic ring is 1. The van der Waals surface area contributed by atoms with Crippen LogP contribution in [0.15, 0.2) is 22.6 Å². The molecule has 3 rings (SSSR count). The number of benzene rings is 1. The summed E-state index contributed by atoms with van der Waals surface area (Å²) in [5, 5.41) is 3.24. The molecule has 3 N–H and O–H groups in total. The second-order valence-corrected chi connectivity index (χ2v) is 5.08. The van der Waals surface area contributed by atoms with Gasteiger partial charge in [-0.05, 0) is 38.1 Å². The van der Waals surface area contributed by atoms with E-state index in [0.717, 1.165) is 24.2 Å². The van der Waals surface area contributed by atoms with Crippen molar-refractivity contribution in [3.8, 4) is 0 Å². The van der Waals surface area contributed by atoms with E-state index in [-0.39, 0.29) is 0 Å². The van der Waals surface area contributed by atoms with Gasteiger partial charge < -0.3 is 20.4 Å². The van der Waals surface area contributed by atoms with Crippen LogP contribution in [-0.2, 0) is 0 Å². The topological polar surface area (TPSA) is 67.3 Å². The number of piperidine rings is 1. The number of anilines is 2. The molecule has 5 nitrogen and oxygen atoms in total. The fourth-order valence-electron chi connectivity index (χ4n) is 2.52. The van der Waals surface area contributed by atoms with Gasteiger partial charge in [0.15, 0.2) is 5.58 Å². The third-order valence-corrected chi connectivity index (χ3v) is 3.57. The van der Waals surface area contributed by atoms with Crippen LogP contribution in [0.5, 0.6) is 0 Å². The summed E-state index contributed by atoms with van der Waals surface area (Å²) in [5.41, 5.74) is 7.99. The fourth-order valence-corrected chi connectivity index (χ4v) is 2.52. The predicted octanol–water partition coefficient (Wildman–Crippen LogP) is 2.31. The number of hydrogen-bond acceptors (Lipinski definition) is 5. The van der Waals surface area contributed by atoms with Gasteiger partial charge in [-0.25, -0.2) is 0 Å². The summed E-state index contributed by atoms with van der Waals surface area (Å²) < 4.78 is 5.62. The van der Waals surface area contributed by atoms with Crippen LogP contribution in [0.25, 0.3) is 11.1 Å². The monoisotopic (exact) mass is 260 g/mol. The quantitative estimate of drug-likeness (QED) is 0.826. The van der Waals surface area contributed by atoms with Crippen molar-refractivity contribution in [1.82, 2.24) is 9.88 Å². The lowest BCUT2D eigenvalue weighted by atomic mass is 10.1. The first kappa shape index (κ1) is 12.3. The smallest absolute Gasteiger partial charge is 0.295 e. The highest BCUT2D eigenvalue weighted by Gasteiger charge is 2.10. The van der Waals surface area contributed by atoms with E-state index in [1.807, 2.05) is 12.1 Å². The molecule has 0 bridgehead atoms. The van der Waals surface area contributed by atoms with E-state index in [1.54, 1.807) is 6.07 Å². The van der Waals surface area contributed by atoms with E-state index in [1.165, 1.54) is 32.4 Å². The number of nitrogens with two attached hydrogens (primary N) is 1. The van der Waals surface area contributed by atoms with Crippen LogP contribution in [0.2, 0.25) is 0 Å². The lowest BCUT2D eigenvalue weighted by molar-refractivity contribution is 0.236. The van der Waals surface area contributed by atoms with Crippen LogP contribution in [0.1, 0.15) is 19.3 Å². The molecule has 0 spiro atoms. The second-order valence-electron chi connectivity index (χ2n) is 5.08. The van der Waals surface area contributed by atoms with E-state index in [9.17, 15) is 0 Å². The molecule has 0 atom stereocenters. The molecular formula is C14H20N4O. The van der Waals surface area contributed by atoms with Crippen molar-refractivity contribution < 1.29 is 4.42 Å². The third-order valence-electron chi connectivity index (χ3n) is 3.57. The number of aromatic nitrogens is 1. The number of fused-ring (bicyclic) bond motifs is 1. The van der Waals surface area contributed by atoms with Gasteiger partial charge in [-0.2, -0.15) is 4.98 Å². The average Bonchev–Trinajstić information content (AvgIpc) is 2.82. The van der Waals surface area contributed by atoms with Crippen molar-refractivity contribution >= 4 is 22.8 Å². The maximum absolute atomic E-state index is 5.72. The maximum Gasteiger partial charge on any atom is 0.295 e. The van der Waals surface area contributed by atoms with Gasteiger partial charge in [0, 0.05) is 24.8 Å². The largest absolute Gasteiger partial charge is 0.423 e. The summed E-state index contributed by atoms with van der Waals surface area (Å²) in [6, 6.07) is 6.10. The van der Waals surface area contributed by atoms with Crippen LogP contribution < -0.4 is 11.1 Å². The zero-order chi connectivity index (χ0) is 13.1. The number of likely N-dealkylation sites (tertiary alicyclic amines) is 1. The van der Waals surface area contributed by atoms with Gasteiger partial charge in [0.25, 0.3) is 6.01 Å². The SMILES string of the molecule is Nc1ccc2nc(NCCN3CCCCC3)oc2c1. The average molecular weight is 260 g/mol. The molecule has 0 saturated carbocycles. The molecule has 1 fully saturated rings. The zero-order valence-electron chi connectivity index (χ0n) is 11.1. The lowest BCUT2D eigenvalue weighted by Gasteiger charge is -2.26. The Hall–Kier alpha value is -1.75. The normalized spacial score (nSPS) is 16.8. The molecule has 0 amide bonds. The van der Waals surface area contributed by atoms with Crippen LogP contribution in [0.4, 0.5) is 11.7 Å². The van der Waals surface area contributed by atoms with Gasteiger partial charge in [-0.3, -0.25) is 0 Å². The van der Waals surface area contributed by atoms with E-state index in [0.29, 0.717) is 11.7 Å². The highest BCUT2D eigenvalue weighted by atomic mass is 16.4. The zero-order valence-corrected chi connectivity index (χ0v) is 11.1. The van der Waals surface area contributed by atoms with Gasteiger partial charge in [0.05, 0.1) is 0 Å². The first-order valence-corrected chi connectivity index (χ1v) is 6.93. The minimum Gasteiger partial charge on any atom is -0.423 e. The maximum atomic E-state index is 5.72. The van der Waals surface area contributed by atoms with E-state index < -0.39 is 0 Å². The summed E-state index contributed by atoms with van der Waals surface area (Å²) in [6.45, 7) is 4.33. The van der Waals surface area contributed by atoms with E-state index in [4.69, 9.17) is 10.2 Å². The molecule has 1 saturated heterocycles. The summed E-state index contributed by atoms with van der Waals surface area (Å²) in [5.74, 6) is 0. The summed E-state index contributed by atoms with van der Waals surface area (Å²) in [7, 11) is 0. The van der Waals surface area contributed by atoms with Crippen molar-refractivity contribution in [3.63, 3.8) is 0 Å². The first-order valence-electron chi connectivity index (χ1n) is 6.93. The Labute approximate surface area is 112 Å². The molecule has 102 valence electrons. The number of nitrogens with zero attached hydrogens (tertiary/aromatic N) is 2. The first-order chi connectivity index (χ1) is 9.31. The molecule has 2 heterocycles. The van der Waals surface area contributed by atoms with Crippen molar-refractivity contribution in [2.45, 2.75) is 19.3 Å². The Morgan fingerprint density at radius 2 is 2.11 bits per heavy atom. The molecule has 0 aliphatic carbocycles. The standard InChI is InChI=1S/C14H20N4O/c15-11-4-5-12-13(10-11)19-14(17-12)16-6-9-18-7-2-1-3-8-18/h4-5,10H,1-3,6-9,15H2,(H,16,17).